The quantitative estimate of drug-likeness (QED) is 0.662. The molecule has 0 N–H and O–H groups in total. The van der Waals surface area contributed by atoms with E-state index in [1.54, 1.807) is 6.20 Å². The second-order valence-electron chi connectivity index (χ2n) is 3.46. The number of benzene rings is 1. The number of nitrogens with zero attached hydrogens (tertiary/aromatic N) is 1. The lowest BCUT2D eigenvalue weighted by Crippen LogP contribution is -1.78. The van der Waals surface area contributed by atoms with Crippen LogP contribution in [0.4, 0.5) is 0 Å². The summed E-state index contributed by atoms with van der Waals surface area (Å²) in [4.78, 5) is 4.28. The third kappa shape index (κ3) is 1.44. The second-order valence-corrected chi connectivity index (χ2v) is 4.25. The van der Waals surface area contributed by atoms with Gasteiger partial charge in [-0.05, 0) is 40.2 Å². The highest BCUT2D eigenvalue weighted by Crippen LogP contribution is 2.36. The summed E-state index contributed by atoms with van der Waals surface area (Å²) in [6.07, 6.45) is 1.76. The van der Waals surface area contributed by atoms with Gasteiger partial charge in [-0.25, -0.2) is 0 Å². The molecule has 2 heterocycles. The maximum Gasteiger partial charge on any atom is 0.167 e. The second kappa shape index (κ2) is 3.76. The van der Waals surface area contributed by atoms with Crippen LogP contribution < -0.4 is 0 Å². The van der Waals surface area contributed by atoms with E-state index in [0.29, 0.717) is 0 Å². The van der Waals surface area contributed by atoms with Crippen molar-refractivity contribution in [2.75, 3.05) is 0 Å². The number of para-hydroxylation sites is 1. The van der Waals surface area contributed by atoms with Gasteiger partial charge in [0.25, 0.3) is 0 Å². The number of halogens is 1. The summed E-state index contributed by atoms with van der Waals surface area (Å²) in [7, 11) is 0. The maximum absolute atomic E-state index is 5.78. The zero-order valence-electron chi connectivity index (χ0n) is 8.35. The Morgan fingerprint density at radius 3 is 2.56 bits per heavy atom. The molecule has 0 aliphatic rings. The fourth-order valence-electron chi connectivity index (χ4n) is 1.68. The van der Waals surface area contributed by atoms with Crippen LogP contribution in [0.1, 0.15) is 0 Å². The fourth-order valence-corrected chi connectivity index (χ4v) is 2.29. The van der Waals surface area contributed by atoms with Crippen LogP contribution in [0, 0.1) is 0 Å². The van der Waals surface area contributed by atoms with Crippen LogP contribution in [0.2, 0.25) is 0 Å². The minimum atomic E-state index is 0.779. The maximum atomic E-state index is 5.78. The predicted octanol–water partition coefficient (Wildman–Crippen LogP) is 4.26. The molecule has 0 saturated carbocycles. The van der Waals surface area contributed by atoms with Crippen LogP contribution in [0.3, 0.4) is 0 Å². The van der Waals surface area contributed by atoms with E-state index in [2.05, 4.69) is 20.9 Å². The molecular formula is C13H8BrNO. The summed E-state index contributed by atoms with van der Waals surface area (Å²) >= 11 is 3.55. The van der Waals surface area contributed by atoms with Crippen molar-refractivity contribution < 1.29 is 4.42 Å². The molecule has 0 bridgehead atoms. The molecule has 0 radical (unpaired) electrons. The standard InChI is InChI=1S/C13H8BrNO/c14-12-9-5-1-2-7-11(9)16-13(12)10-6-3-4-8-15-10/h1-8H. The molecule has 0 saturated heterocycles. The molecule has 3 rings (SSSR count). The van der Waals surface area contributed by atoms with Crippen molar-refractivity contribution in [3.8, 4) is 11.5 Å². The summed E-state index contributed by atoms with van der Waals surface area (Å²) in [5.74, 6) is 0.779. The van der Waals surface area contributed by atoms with Crippen molar-refractivity contribution in [1.82, 2.24) is 4.98 Å². The highest BCUT2D eigenvalue weighted by atomic mass is 79.9. The SMILES string of the molecule is Brc1c(-c2ccccn2)oc2ccccc12. The number of furan rings is 1. The van der Waals surface area contributed by atoms with Crippen LogP contribution in [-0.2, 0) is 0 Å². The van der Waals surface area contributed by atoms with Gasteiger partial charge in [-0.2, -0.15) is 0 Å². The minimum absolute atomic E-state index is 0.779. The van der Waals surface area contributed by atoms with Crippen molar-refractivity contribution in [2.24, 2.45) is 0 Å². The summed E-state index contributed by atoms with van der Waals surface area (Å²) in [5, 5.41) is 1.07. The lowest BCUT2D eigenvalue weighted by molar-refractivity contribution is 0.627. The summed E-state index contributed by atoms with van der Waals surface area (Å²) < 4.78 is 6.74. The Balaban J connectivity index is 2.29. The highest BCUT2D eigenvalue weighted by molar-refractivity contribution is 9.10. The molecule has 0 fully saturated rings. The van der Waals surface area contributed by atoms with Crippen molar-refractivity contribution in [2.45, 2.75) is 0 Å². The Kier molecular flexibility index (Phi) is 2.26. The Morgan fingerprint density at radius 2 is 1.81 bits per heavy atom. The minimum Gasteiger partial charge on any atom is -0.453 e. The molecule has 0 spiro atoms. The Bertz CT molecular complexity index is 631. The Morgan fingerprint density at radius 1 is 1.00 bits per heavy atom. The first-order chi connectivity index (χ1) is 7.86. The molecule has 2 aromatic heterocycles. The van der Waals surface area contributed by atoms with E-state index in [1.807, 2.05) is 42.5 Å². The Labute approximate surface area is 101 Å². The van der Waals surface area contributed by atoms with Crippen LogP contribution in [-0.4, -0.2) is 4.98 Å². The summed E-state index contributed by atoms with van der Waals surface area (Å²) in [6, 6.07) is 13.7. The molecule has 3 heteroatoms. The van der Waals surface area contributed by atoms with Crippen molar-refractivity contribution in [3.05, 3.63) is 53.1 Å². The lowest BCUT2D eigenvalue weighted by Gasteiger charge is -1.94. The third-order valence-corrected chi connectivity index (χ3v) is 3.22. The third-order valence-electron chi connectivity index (χ3n) is 2.43. The van der Waals surface area contributed by atoms with E-state index >= 15 is 0 Å². The molecule has 0 amide bonds. The van der Waals surface area contributed by atoms with E-state index in [9.17, 15) is 0 Å². The highest BCUT2D eigenvalue weighted by Gasteiger charge is 2.13. The number of hydrogen-bond donors (Lipinski definition) is 0. The molecule has 0 aliphatic carbocycles. The van der Waals surface area contributed by atoms with E-state index < -0.39 is 0 Å². The molecule has 16 heavy (non-hydrogen) atoms. The molecule has 1 aromatic carbocycles. The van der Waals surface area contributed by atoms with Crippen molar-refractivity contribution in [3.63, 3.8) is 0 Å². The lowest BCUT2D eigenvalue weighted by atomic mass is 10.2. The largest absolute Gasteiger partial charge is 0.453 e. The number of rotatable bonds is 1. The zero-order chi connectivity index (χ0) is 11.0. The summed E-state index contributed by atoms with van der Waals surface area (Å²) in [5.41, 5.74) is 1.71. The van der Waals surface area contributed by atoms with Gasteiger partial charge < -0.3 is 4.42 Å². The molecule has 2 nitrogen and oxygen atoms in total. The van der Waals surface area contributed by atoms with Gasteiger partial charge in [-0.3, -0.25) is 4.98 Å². The average Bonchev–Trinajstić information content (AvgIpc) is 2.69. The monoisotopic (exact) mass is 273 g/mol. The van der Waals surface area contributed by atoms with Crippen molar-refractivity contribution in [1.29, 1.82) is 0 Å². The van der Waals surface area contributed by atoms with E-state index in [-0.39, 0.29) is 0 Å². The first-order valence-corrected chi connectivity index (χ1v) is 5.74. The van der Waals surface area contributed by atoms with Gasteiger partial charge in [-0.1, -0.05) is 18.2 Å². The average molecular weight is 274 g/mol. The van der Waals surface area contributed by atoms with E-state index in [0.717, 1.165) is 26.9 Å². The van der Waals surface area contributed by atoms with Crippen LogP contribution in [0.5, 0.6) is 0 Å². The van der Waals surface area contributed by atoms with Crippen LogP contribution in [0.25, 0.3) is 22.4 Å². The molecule has 3 aromatic rings. The van der Waals surface area contributed by atoms with Gasteiger partial charge in [0.05, 0.1) is 4.47 Å². The topological polar surface area (TPSA) is 26.0 Å². The first-order valence-electron chi connectivity index (χ1n) is 4.95. The number of hydrogen-bond acceptors (Lipinski definition) is 2. The van der Waals surface area contributed by atoms with Gasteiger partial charge in [0.15, 0.2) is 5.76 Å². The molecule has 0 atom stereocenters. The number of aromatic nitrogens is 1. The van der Waals surface area contributed by atoms with E-state index in [4.69, 9.17) is 4.42 Å². The van der Waals surface area contributed by atoms with Gasteiger partial charge in [0.2, 0.25) is 0 Å². The molecule has 78 valence electrons. The number of fused-ring (bicyclic) bond motifs is 1. The van der Waals surface area contributed by atoms with Gasteiger partial charge >= 0.3 is 0 Å². The van der Waals surface area contributed by atoms with Gasteiger partial charge in [-0.15, -0.1) is 0 Å². The van der Waals surface area contributed by atoms with Crippen LogP contribution >= 0.6 is 15.9 Å². The number of pyridine rings is 1. The van der Waals surface area contributed by atoms with Gasteiger partial charge in [0.1, 0.15) is 11.3 Å². The van der Waals surface area contributed by atoms with Crippen molar-refractivity contribution >= 4 is 26.9 Å². The Hall–Kier alpha value is -1.61. The molecule has 0 aliphatic heterocycles. The normalized spacial score (nSPS) is 10.8. The molecular weight excluding hydrogens is 266 g/mol. The fraction of sp³-hybridized carbons (Fsp3) is 0. The van der Waals surface area contributed by atoms with E-state index in [1.165, 1.54) is 0 Å². The molecule has 0 unspecified atom stereocenters. The van der Waals surface area contributed by atoms with Crippen LogP contribution in [0.15, 0.2) is 57.6 Å². The predicted molar refractivity (Wildman–Crippen MR) is 67.1 cm³/mol. The zero-order valence-corrected chi connectivity index (χ0v) is 9.94. The summed E-state index contributed by atoms with van der Waals surface area (Å²) in [6.45, 7) is 0. The first kappa shape index (κ1) is 9.60. The van der Waals surface area contributed by atoms with Gasteiger partial charge in [0, 0.05) is 11.6 Å². The smallest absolute Gasteiger partial charge is 0.167 e.